The molecule has 2 unspecified atom stereocenters. The number of hydrogen-bond acceptors (Lipinski definition) is 8. The maximum Gasteiger partial charge on any atom is 0.331 e. The van der Waals surface area contributed by atoms with Crippen LogP contribution in [0.5, 0.6) is 0 Å². The molecular formula is C43H62Cl2O8. The molecule has 0 aromatic heterocycles. The average Bonchev–Trinajstić information content (AvgIpc) is 3.89. The number of allylic oxidation sites excluding steroid dienone is 9. The summed E-state index contributed by atoms with van der Waals surface area (Å²) in [6, 6.07) is 0. The van der Waals surface area contributed by atoms with E-state index in [1.54, 1.807) is 21.1 Å². The van der Waals surface area contributed by atoms with Gasteiger partial charge in [-0.3, -0.25) is 14.4 Å². The maximum atomic E-state index is 13.0. The Morgan fingerprint density at radius 3 is 1.57 bits per heavy atom. The number of alkyl halides is 2. The van der Waals surface area contributed by atoms with Crippen molar-refractivity contribution in [2.24, 2.45) is 35.5 Å². The van der Waals surface area contributed by atoms with E-state index in [0.29, 0.717) is 11.8 Å². The number of halogens is 2. The van der Waals surface area contributed by atoms with E-state index in [9.17, 15) is 19.2 Å². The van der Waals surface area contributed by atoms with Gasteiger partial charge in [-0.15, -0.1) is 23.2 Å². The molecule has 0 saturated heterocycles. The predicted molar refractivity (Wildman–Crippen MR) is 213 cm³/mol. The summed E-state index contributed by atoms with van der Waals surface area (Å²) >= 11 is 9.53. The van der Waals surface area contributed by atoms with E-state index in [1.165, 1.54) is 19.1 Å². The summed E-state index contributed by atoms with van der Waals surface area (Å²) in [7, 11) is 3.30. The highest BCUT2D eigenvalue weighted by molar-refractivity contribution is 6.40. The molecule has 296 valence electrons. The molecule has 0 amide bonds. The molecule has 5 aliphatic rings. The van der Waals surface area contributed by atoms with Crippen molar-refractivity contribution in [1.82, 2.24) is 0 Å². The molecule has 0 aliphatic heterocycles. The maximum absolute atomic E-state index is 13.0. The Labute approximate surface area is 328 Å². The highest BCUT2D eigenvalue weighted by atomic mass is 35.5. The lowest BCUT2D eigenvalue weighted by Crippen LogP contribution is -2.50. The van der Waals surface area contributed by atoms with Crippen LogP contribution >= 0.6 is 23.2 Å². The number of carbonyl (C=O) groups is 4. The molecular weight excluding hydrogens is 715 g/mol. The molecule has 0 radical (unpaired) electrons. The number of esters is 2. The first kappa shape index (κ1) is 46.4. The molecule has 0 N–H and O–H groups in total. The minimum Gasteiger partial charge on any atom is -0.456 e. The Balaban J connectivity index is 0.000000309. The number of methoxy groups -OCH3 is 2. The molecule has 53 heavy (non-hydrogen) atoms. The smallest absolute Gasteiger partial charge is 0.331 e. The highest BCUT2D eigenvalue weighted by Crippen LogP contribution is 2.50. The molecule has 3 saturated carbocycles. The van der Waals surface area contributed by atoms with Crippen LogP contribution in [0.15, 0.2) is 72.9 Å². The van der Waals surface area contributed by atoms with Gasteiger partial charge in [0.25, 0.3) is 0 Å². The number of fused-ring (bicyclic) bond motifs is 2. The third kappa shape index (κ3) is 13.5. The van der Waals surface area contributed by atoms with Crippen molar-refractivity contribution in [2.75, 3.05) is 19.6 Å². The molecule has 0 spiro atoms. The Morgan fingerprint density at radius 2 is 1.19 bits per heavy atom. The normalized spacial score (nSPS) is 33.4. The quantitative estimate of drug-likeness (QED) is 0.0936. The number of ketones is 2. The van der Waals surface area contributed by atoms with E-state index >= 15 is 0 Å². The number of carbonyl (C=O) groups excluding carboxylic acids is 4. The second-order valence-corrected chi connectivity index (χ2v) is 16.1. The summed E-state index contributed by atoms with van der Waals surface area (Å²) in [5.41, 5.74) is 1.01. The van der Waals surface area contributed by atoms with Gasteiger partial charge in [0.1, 0.15) is 17.0 Å². The van der Waals surface area contributed by atoms with E-state index in [0.717, 1.165) is 62.5 Å². The van der Waals surface area contributed by atoms with Gasteiger partial charge in [0, 0.05) is 26.2 Å². The van der Waals surface area contributed by atoms with Crippen LogP contribution in [0.3, 0.4) is 0 Å². The van der Waals surface area contributed by atoms with Gasteiger partial charge in [-0.1, -0.05) is 60.8 Å². The van der Waals surface area contributed by atoms with E-state index < -0.39 is 17.2 Å². The Bertz CT molecular complexity index is 1400. The van der Waals surface area contributed by atoms with Crippen LogP contribution in [-0.4, -0.2) is 66.5 Å². The summed E-state index contributed by atoms with van der Waals surface area (Å²) in [6.07, 6.45) is 21.6. The molecule has 10 heteroatoms. The molecule has 3 fully saturated rings. The fourth-order valence-electron chi connectivity index (χ4n) is 8.15. The van der Waals surface area contributed by atoms with E-state index in [1.807, 2.05) is 27.7 Å². The molecule has 0 aromatic carbocycles. The first-order valence-electron chi connectivity index (χ1n) is 18.6. The van der Waals surface area contributed by atoms with Crippen LogP contribution in [0.4, 0.5) is 0 Å². The molecule has 5 aliphatic carbocycles. The van der Waals surface area contributed by atoms with Crippen LogP contribution in [0.25, 0.3) is 0 Å². The minimum atomic E-state index is -0.654. The lowest BCUT2D eigenvalue weighted by Gasteiger charge is -2.44. The zero-order valence-electron chi connectivity index (χ0n) is 33.0. The summed E-state index contributed by atoms with van der Waals surface area (Å²) in [5, 5.41) is 0.194. The summed E-state index contributed by atoms with van der Waals surface area (Å²) < 4.78 is 22.8. The van der Waals surface area contributed by atoms with Crippen molar-refractivity contribution >= 4 is 46.7 Å². The minimum absolute atomic E-state index is 0.0956. The van der Waals surface area contributed by atoms with Gasteiger partial charge in [-0.05, 0) is 123 Å². The second-order valence-electron chi connectivity index (χ2n) is 15.3. The van der Waals surface area contributed by atoms with Crippen molar-refractivity contribution in [2.45, 2.75) is 116 Å². The van der Waals surface area contributed by atoms with Crippen molar-refractivity contribution in [1.29, 1.82) is 0 Å². The summed E-state index contributed by atoms with van der Waals surface area (Å²) in [4.78, 5) is 47.7. The summed E-state index contributed by atoms with van der Waals surface area (Å²) in [6.45, 7) is 19.0. The van der Waals surface area contributed by atoms with Gasteiger partial charge in [-0.25, -0.2) is 4.79 Å². The van der Waals surface area contributed by atoms with E-state index in [2.05, 4.69) is 49.6 Å². The first-order valence-corrected chi connectivity index (χ1v) is 19.7. The summed E-state index contributed by atoms with van der Waals surface area (Å²) in [5.74, 6) is -0.215. The molecule has 10 atom stereocenters. The van der Waals surface area contributed by atoms with Gasteiger partial charge < -0.3 is 18.9 Å². The zero-order valence-corrected chi connectivity index (χ0v) is 34.5. The SMILES string of the molecule is C1=CCC=C1.C=C(C)[C@@H]1CC[C@](C)(OC(=O)/C=C\C(C)=O)[C@@H](OC)C1.C=C(C)[C@@H]1CC[C@](C)(OC(=O)C2C(C(C)=O)[C@H]3C=C[C@@H]2C3)[C@@H](OC)C1.ClCCl. The highest BCUT2D eigenvalue weighted by Gasteiger charge is 2.53. The largest absolute Gasteiger partial charge is 0.456 e. The lowest BCUT2D eigenvalue weighted by molar-refractivity contribution is -0.189. The molecule has 0 aromatic rings. The second kappa shape index (κ2) is 21.9. The Kier molecular flexibility index (Phi) is 19.2. The molecule has 0 heterocycles. The number of rotatable bonds is 10. The van der Waals surface area contributed by atoms with Crippen molar-refractivity contribution in [3.63, 3.8) is 0 Å². The van der Waals surface area contributed by atoms with Crippen LogP contribution in [0.1, 0.15) is 92.9 Å². The molecule has 2 bridgehead atoms. The van der Waals surface area contributed by atoms with Crippen LogP contribution in [0.2, 0.25) is 0 Å². The zero-order chi connectivity index (χ0) is 39.9. The van der Waals surface area contributed by atoms with Crippen LogP contribution in [0, 0.1) is 35.5 Å². The topological polar surface area (TPSA) is 105 Å². The van der Waals surface area contributed by atoms with Gasteiger partial charge in [0.15, 0.2) is 5.78 Å². The van der Waals surface area contributed by atoms with Crippen molar-refractivity contribution < 1.29 is 38.1 Å². The van der Waals surface area contributed by atoms with Crippen molar-refractivity contribution in [3.8, 4) is 0 Å². The average molecular weight is 778 g/mol. The van der Waals surface area contributed by atoms with Gasteiger partial charge in [0.2, 0.25) is 0 Å². The molecule has 8 nitrogen and oxygen atoms in total. The number of Topliss-reactive ketones (excluding diaryl/α,β-unsaturated/α-hetero) is 1. The third-order valence-corrected chi connectivity index (χ3v) is 11.3. The monoisotopic (exact) mass is 776 g/mol. The Hall–Kier alpha value is -2.78. The Morgan fingerprint density at radius 1 is 0.736 bits per heavy atom. The molecule has 5 rings (SSSR count). The fourth-order valence-corrected chi connectivity index (χ4v) is 8.15. The van der Waals surface area contributed by atoms with Crippen molar-refractivity contribution in [3.05, 3.63) is 72.9 Å². The van der Waals surface area contributed by atoms with E-state index in [4.69, 9.17) is 42.1 Å². The lowest BCUT2D eigenvalue weighted by atomic mass is 9.74. The third-order valence-electron chi connectivity index (χ3n) is 11.3. The van der Waals surface area contributed by atoms with Crippen LogP contribution < -0.4 is 0 Å². The predicted octanol–water partition coefficient (Wildman–Crippen LogP) is 9.46. The fraction of sp³-hybridized carbons (Fsp3) is 0.628. The van der Waals surface area contributed by atoms with Gasteiger partial charge in [0.05, 0.1) is 23.5 Å². The number of hydrogen-bond donors (Lipinski definition) is 0. The first-order chi connectivity index (χ1) is 25.0. The standard InChI is InChI=1S/C21H30O4.C16H24O4.C5H6.CH2Cl2/c1-12(2)14-8-9-21(4,17(11-14)24-5)25-20(23)19-16-7-6-15(10-16)18(19)13(3)22;1-11(2)13-8-9-16(4,14(10-13)19-5)20-15(18)7-6-12(3)17;1-2-4-5-3-1;2-1-3/h6-7,14-19H,1,8-11H2,2-5H3;6-7,13-14H,1,8-10H2,2-5H3;1-4H,5H2;1H2/b;7-6-;;/t14-,15+,16-,17+,18?,19?,21+;13-,14+,16+;;/m11../s1. The van der Waals surface area contributed by atoms with Gasteiger partial charge in [-0.2, -0.15) is 0 Å². The van der Waals surface area contributed by atoms with Gasteiger partial charge >= 0.3 is 11.9 Å². The van der Waals surface area contributed by atoms with Crippen LogP contribution in [-0.2, 0) is 38.1 Å². The number of ether oxygens (including phenoxy) is 4. The van der Waals surface area contributed by atoms with E-state index in [-0.39, 0.29) is 58.8 Å².